The first-order chi connectivity index (χ1) is 14.8. The van der Waals surface area contributed by atoms with E-state index in [4.69, 9.17) is 4.74 Å². The van der Waals surface area contributed by atoms with Crippen molar-refractivity contribution in [1.82, 2.24) is 0 Å². The van der Waals surface area contributed by atoms with Gasteiger partial charge in [-0.05, 0) is 50.7 Å². The third-order valence-electron chi connectivity index (χ3n) is 5.97. The number of carbonyl (C=O) groups is 2. The Kier molecular flexibility index (Phi) is 13.4. The Balaban J connectivity index is 2.47. The van der Waals surface area contributed by atoms with Crippen LogP contribution in [0.15, 0.2) is 12.1 Å². The lowest BCUT2D eigenvalue weighted by Crippen LogP contribution is -2.29. The summed E-state index contributed by atoms with van der Waals surface area (Å²) >= 11 is 0. The molecule has 0 aliphatic rings. The highest BCUT2D eigenvalue weighted by Gasteiger charge is 2.31. The van der Waals surface area contributed by atoms with E-state index in [-0.39, 0.29) is 17.7 Å². The normalized spacial score (nSPS) is 12.2. The van der Waals surface area contributed by atoms with Gasteiger partial charge in [0.2, 0.25) is 0 Å². The summed E-state index contributed by atoms with van der Waals surface area (Å²) in [5.41, 5.74) is 3.71. The molecule has 1 rings (SSSR count). The average Bonchev–Trinajstić information content (AvgIpc) is 2.69. The van der Waals surface area contributed by atoms with Crippen LogP contribution >= 0.6 is 0 Å². The van der Waals surface area contributed by atoms with Crippen molar-refractivity contribution in [2.45, 2.75) is 112 Å². The fraction of sp³-hybridized carbons (Fsp3) is 0.714. The molecule has 3 heteroatoms. The van der Waals surface area contributed by atoms with Gasteiger partial charge in [-0.2, -0.15) is 0 Å². The molecule has 0 saturated carbocycles. The number of Topliss-reactive ketones (excluding diaryl/α,β-unsaturated/α-hetero) is 1. The third kappa shape index (κ3) is 10.5. The van der Waals surface area contributed by atoms with E-state index in [0.717, 1.165) is 29.5 Å². The van der Waals surface area contributed by atoms with Crippen LogP contribution in [0.3, 0.4) is 0 Å². The Hall–Kier alpha value is -1.64. The van der Waals surface area contributed by atoms with Gasteiger partial charge in [0, 0.05) is 5.56 Å². The average molecular weight is 431 g/mol. The smallest absolute Gasteiger partial charge is 0.316 e. The van der Waals surface area contributed by atoms with E-state index in [0.29, 0.717) is 18.6 Å². The molecule has 0 aromatic heterocycles. The zero-order chi connectivity index (χ0) is 23.2. The second-order valence-electron chi connectivity index (χ2n) is 9.67. The minimum absolute atomic E-state index is 0.0863. The first kappa shape index (κ1) is 27.4. The van der Waals surface area contributed by atoms with Crippen LogP contribution in [0.2, 0.25) is 0 Å². The number of hydrogen-bond donors (Lipinski definition) is 0. The molecule has 1 atom stereocenters. The summed E-state index contributed by atoms with van der Waals surface area (Å²) in [5, 5.41) is 0. The van der Waals surface area contributed by atoms with Crippen molar-refractivity contribution in [3.63, 3.8) is 0 Å². The number of benzene rings is 1. The summed E-state index contributed by atoms with van der Waals surface area (Å²) in [5.74, 6) is -0.890. The summed E-state index contributed by atoms with van der Waals surface area (Å²) in [6.45, 7) is 12.7. The topological polar surface area (TPSA) is 43.4 Å². The second kappa shape index (κ2) is 15.2. The number of unbranched alkanes of at least 4 members (excludes halogenated alkanes) is 9. The SMILES string of the molecule is CCCCCCCCCCCCOC(=O)C(CC(C)C)C(=O)c1c(C)cc(C)cc1C. The van der Waals surface area contributed by atoms with Gasteiger partial charge in [-0.25, -0.2) is 0 Å². The molecule has 1 aromatic carbocycles. The maximum Gasteiger partial charge on any atom is 0.316 e. The molecule has 0 amide bonds. The summed E-state index contributed by atoms with van der Waals surface area (Å²) < 4.78 is 5.56. The maximum atomic E-state index is 13.3. The van der Waals surface area contributed by atoms with Crippen molar-refractivity contribution >= 4 is 11.8 Å². The van der Waals surface area contributed by atoms with Gasteiger partial charge in [-0.15, -0.1) is 0 Å². The van der Waals surface area contributed by atoms with Crippen LogP contribution in [-0.4, -0.2) is 18.4 Å². The minimum atomic E-state index is -0.705. The molecule has 0 fully saturated rings. The lowest BCUT2D eigenvalue weighted by atomic mass is 9.85. The van der Waals surface area contributed by atoms with E-state index in [2.05, 4.69) is 6.92 Å². The van der Waals surface area contributed by atoms with Crippen LogP contribution in [0.5, 0.6) is 0 Å². The highest BCUT2D eigenvalue weighted by atomic mass is 16.5. The Morgan fingerprint density at radius 1 is 0.806 bits per heavy atom. The van der Waals surface area contributed by atoms with Gasteiger partial charge in [-0.3, -0.25) is 9.59 Å². The van der Waals surface area contributed by atoms with Crippen LogP contribution in [0.1, 0.15) is 118 Å². The molecule has 1 unspecified atom stereocenters. The van der Waals surface area contributed by atoms with Gasteiger partial charge >= 0.3 is 5.97 Å². The molecule has 0 saturated heterocycles. The summed E-state index contributed by atoms with van der Waals surface area (Å²) in [4.78, 5) is 26.1. The van der Waals surface area contributed by atoms with Crippen LogP contribution in [0, 0.1) is 32.6 Å². The minimum Gasteiger partial charge on any atom is -0.465 e. The highest BCUT2D eigenvalue weighted by molar-refractivity contribution is 6.10. The molecule has 176 valence electrons. The van der Waals surface area contributed by atoms with Crippen molar-refractivity contribution in [1.29, 1.82) is 0 Å². The van der Waals surface area contributed by atoms with Gasteiger partial charge in [0.05, 0.1) is 6.61 Å². The largest absolute Gasteiger partial charge is 0.465 e. The van der Waals surface area contributed by atoms with Gasteiger partial charge in [0.15, 0.2) is 5.78 Å². The van der Waals surface area contributed by atoms with E-state index in [1.54, 1.807) is 0 Å². The number of hydrogen-bond acceptors (Lipinski definition) is 3. The first-order valence-corrected chi connectivity index (χ1v) is 12.6. The Morgan fingerprint density at radius 2 is 1.29 bits per heavy atom. The maximum absolute atomic E-state index is 13.3. The molecule has 0 aliphatic carbocycles. The van der Waals surface area contributed by atoms with Crippen molar-refractivity contribution in [2.24, 2.45) is 11.8 Å². The predicted molar refractivity (Wildman–Crippen MR) is 131 cm³/mol. The van der Waals surface area contributed by atoms with Gasteiger partial charge in [-0.1, -0.05) is 96.3 Å². The van der Waals surface area contributed by atoms with Gasteiger partial charge in [0.1, 0.15) is 5.92 Å². The lowest BCUT2D eigenvalue weighted by Gasteiger charge is -2.19. The fourth-order valence-electron chi connectivity index (χ4n) is 4.39. The highest BCUT2D eigenvalue weighted by Crippen LogP contribution is 2.25. The van der Waals surface area contributed by atoms with E-state index in [9.17, 15) is 9.59 Å². The number of rotatable bonds is 16. The molecule has 0 radical (unpaired) electrons. The molecule has 0 spiro atoms. The summed E-state index contributed by atoms with van der Waals surface area (Å²) in [7, 11) is 0. The van der Waals surface area contributed by atoms with Crippen molar-refractivity contribution in [2.75, 3.05) is 6.61 Å². The number of esters is 1. The monoisotopic (exact) mass is 430 g/mol. The zero-order valence-corrected chi connectivity index (χ0v) is 21.0. The van der Waals surface area contributed by atoms with Crippen molar-refractivity contribution in [3.8, 4) is 0 Å². The fourth-order valence-corrected chi connectivity index (χ4v) is 4.39. The third-order valence-corrected chi connectivity index (χ3v) is 5.97. The summed E-state index contributed by atoms with van der Waals surface area (Å²) in [6, 6.07) is 4.03. The molecule has 0 bridgehead atoms. The van der Waals surface area contributed by atoms with E-state index >= 15 is 0 Å². The molecule has 0 N–H and O–H groups in total. The second-order valence-corrected chi connectivity index (χ2v) is 9.67. The molecule has 0 aliphatic heterocycles. The molecular weight excluding hydrogens is 384 g/mol. The molecule has 31 heavy (non-hydrogen) atoms. The Morgan fingerprint density at radius 3 is 1.77 bits per heavy atom. The Bertz CT molecular complexity index is 652. The quantitative estimate of drug-likeness (QED) is 0.116. The predicted octanol–water partition coefficient (Wildman–Crippen LogP) is 7.92. The molecule has 1 aromatic rings. The van der Waals surface area contributed by atoms with Crippen LogP contribution in [-0.2, 0) is 9.53 Å². The number of ketones is 1. The number of aryl methyl sites for hydroxylation is 3. The van der Waals surface area contributed by atoms with E-state index in [1.807, 2.05) is 46.8 Å². The van der Waals surface area contributed by atoms with E-state index < -0.39 is 5.92 Å². The van der Waals surface area contributed by atoms with Crippen molar-refractivity contribution < 1.29 is 14.3 Å². The summed E-state index contributed by atoms with van der Waals surface area (Å²) in [6.07, 6.45) is 13.0. The van der Waals surface area contributed by atoms with Crippen molar-refractivity contribution in [3.05, 3.63) is 34.4 Å². The molecule has 0 heterocycles. The van der Waals surface area contributed by atoms with E-state index in [1.165, 1.54) is 51.4 Å². The first-order valence-electron chi connectivity index (χ1n) is 12.6. The molecule has 3 nitrogen and oxygen atoms in total. The van der Waals surface area contributed by atoms with Crippen LogP contribution in [0.25, 0.3) is 0 Å². The van der Waals surface area contributed by atoms with Crippen LogP contribution in [0.4, 0.5) is 0 Å². The standard InChI is InChI=1S/C28H46O3/c1-7-8-9-10-11-12-13-14-15-16-17-31-28(30)25(18-21(2)3)27(29)26-23(5)19-22(4)20-24(26)6/h19-21,25H,7-18H2,1-6H3. The van der Waals surface area contributed by atoms with Gasteiger partial charge in [0.25, 0.3) is 0 Å². The zero-order valence-electron chi connectivity index (χ0n) is 21.0. The Labute approximate surface area is 191 Å². The number of ether oxygens (including phenoxy) is 1. The molecular formula is C28H46O3. The van der Waals surface area contributed by atoms with Gasteiger partial charge < -0.3 is 4.74 Å². The number of carbonyl (C=O) groups excluding carboxylic acids is 2. The van der Waals surface area contributed by atoms with Crippen LogP contribution < -0.4 is 0 Å². The lowest BCUT2D eigenvalue weighted by molar-refractivity contribution is -0.147.